The molecule has 1 aliphatic rings. The van der Waals surface area contributed by atoms with Gasteiger partial charge in [-0.3, -0.25) is 9.69 Å². The summed E-state index contributed by atoms with van der Waals surface area (Å²) in [5.74, 6) is 2.07. The lowest BCUT2D eigenvalue weighted by atomic mass is 9.99. The smallest absolute Gasteiger partial charge is 0.239 e. The van der Waals surface area contributed by atoms with Gasteiger partial charge in [-0.05, 0) is 55.7 Å². The van der Waals surface area contributed by atoms with Crippen LogP contribution in [0, 0.1) is 13.8 Å². The van der Waals surface area contributed by atoms with Gasteiger partial charge in [0.25, 0.3) is 0 Å². The number of ether oxygens (including phenoxy) is 2. The average molecular weight is 421 g/mol. The fourth-order valence-electron chi connectivity index (χ4n) is 3.93. The lowest BCUT2D eigenvalue weighted by Crippen LogP contribution is -2.37. The van der Waals surface area contributed by atoms with Gasteiger partial charge in [0.1, 0.15) is 5.82 Å². The summed E-state index contributed by atoms with van der Waals surface area (Å²) < 4.78 is 12.6. The third-order valence-electron chi connectivity index (χ3n) is 5.54. The van der Waals surface area contributed by atoms with Crippen LogP contribution in [0.15, 0.2) is 42.5 Å². The lowest BCUT2D eigenvalue weighted by Gasteiger charge is -2.29. The predicted molar refractivity (Wildman–Crippen MR) is 120 cm³/mol. The molecule has 0 fully saturated rings. The first-order valence-electron chi connectivity index (χ1n) is 10.4. The number of anilines is 1. The van der Waals surface area contributed by atoms with Gasteiger partial charge in [0.15, 0.2) is 11.5 Å². The maximum absolute atomic E-state index is 12.8. The molecule has 0 aliphatic carbocycles. The molecule has 0 spiro atoms. The summed E-state index contributed by atoms with van der Waals surface area (Å²) in [6.07, 6.45) is 0.864. The fourth-order valence-corrected chi connectivity index (χ4v) is 3.93. The van der Waals surface area contributed by atoms with Crippen molar-refractivity contribution >= 4 is 11.7 Å². The zero-order valence-electron chi connectivity index (χ0n) is 18.4. The van der Waals surface area contributed by atoms with Crippen LogP contribution >= 0.6 is 0 Å². The van der Waals surface area contributed by atoms with Crippen LogP contribution in [0.25, 0.3) is 5.69 Å². The van der Waals surface area contributed by atoms with Gasteiger partial charge in [0.05, 0.1) is 32.1 Å². The second-order valence-electron chi connectivity index (χ2n) is 7.90. The van der Waals surface area contributed by atoms with E-state index in [1.54, 1.807) is 18.9 Å². The number of fused-ring (bicyclic) bond motifs is 1. The van der Waals surface area contributed by atoms with E-state index in [2.05, 4.69) is 15.3 Å². The van der Waals surface area contributed by atoms with E-state index >= 15 is 0 Å². The third-order valence-corrected chi connectivity index (χ3v) is 5.54. The maximum Gasteiger partial charge on any atom is 0.239 e. The quantitative estimate of drug-likeness (QED) is 0.661. The highest BCUT2D eigenvalue weighted by Gasteiger charge is 2.22. The largest absolute Gasteiger partial charge is 0.493 e. The number of rotatable bonds is 6. The van der Waals surface area contributed by atoms with E-state index in [-0.39, 0.29) is 5.91 Å². The molecule has 4 rings (SSSR count). The highest BCUT2D eigenvalue weighted by Crippen LogP contribution is 2.33. The number of amides is 1. The van der Waals surface area contributed by atoms with Crippen molar-refractivity contribution in [3.8, 4) is 17.2 Å². The van der Waals surface area contributed by atoms with Gasteiger partial charge in [-0.1, -0.05) is 17.7 Å². The molecular formula is C24H28N4O3. The minimum Gasteiger partial charge on any atom is -0.493 e. The minimum absolute atomic E-state index is 0.0582. The zero-order valence-corrected chi connectivity index (χ0v) is 18.4. The van der Waals surface area contributed by atoms with Crippen molar-refractivity contribution in [3.63, 3.8) is 0 Å². The van der Waals surface area contributed by atoms with E-state index in [0.717, 1.165) is 35.7 Å². The van der Waals surface area contributed by atoms with Gasteiger partial charge in [-0.15, -0.1) is 0 Å². The van der Waals surface area contributed by atoms with Crippen LogP contribution < -0.4 is 14.8 Å². The van der Waals surface area contributed by atoms with E-state index in [1.807, 2.05) is 56.3 Å². The SMILES string of the molecule is COc1cc2c(cc1OC)CN(CC(=O)Nc1cc(C)nn1-c1ccc(C)cc1)CC2. The van der Waals surface area contributed by atoms with Gasteiger partial charge in [-0.25, -0.2) is 4.68 Å². The molecule has 2 heterocycles. The number of aromatic nitrogens is 2. The minimum atomic E-state index is -0.0582. The Morgan fingerprint density at radius 2 is 1.71 bits per heavy atom. The van der Waals surface area contributed by atoms with E-state index < -0.39 is 0 Å². The lowest BCUT2D eigenvalue weighted by molar-refractivity contribution is -0.117. The molecule has 0 radical (unpaired) electrons. The summed E-state index contributed by atoms with van der Waals surface area (Å²) >= 11 is 0. The Hall–Kier alpha value is -3.32. The topological polar surface area (TPSA) is 68.6 Å². The highest BCUT2D eigenvalue weighted by molar-refractivity contribution is 5.91. The first-order chi connectivity index (χ1) is 15.0. The second kappa shape index (κ2) is 8.81. The molecule has 0 saturated heterocycles. The third kappa shape index (κ3) is 4.56. The van der Waals surface area contributed by atoms with Crippen LogP contribution in [0.5, 0.6) is 11.5 Å². The Morgan fingerprint density at radius 3 is 2.39 bits per heavy atom. The Morgan fingerprint density at radius 1 is 1.03 bits per heavy atom. The van der Waals surface area contributed by atoms with Crippen molar-refractivity contribution in [2.24, 2.45) is 0 Å². The van der Waals surface area contributed by atoms with Crippen molar-refractivity contribution in [1.29, 1.82) is 0 Å². The normalized spacial score (nSPS) is 13.5. The summed E-state index contributed by atoms with van der Waals surface area (Å²) in [7, 11) is 3.28. The molecule has 7 heteroatoms. The first kappa shape index (κ1) is 20.9. The number of carbonyl (C=O) groups excluding carboxylic acids is 1. The summed E-state index contributed by atoms with van der Waals surface area (Å²) in [5, 5.41) is 7.57. The van der Waals surface area contributed by atoms with Crippen molar-refractivity contribution in [1.82, 2.24) is 14.7 Å². The van der Waals surface area contributed by atoms with Gasteiger partial charge >= 0.3 is 0 Å². The van der Waals surface area contributed by atoms with E-state index in [0.29, 0.717) is 24.7 Å². The average Bonchev–Trinajstić information content (AvgIpc) is 3.12. The Bertz CT molecular complexity index is 1090. The summed E-state index contributed by atoms with van der Waals surface area (Å²) in [6.45, 7) is 5.78. The van der Waals surface area contributed by atoms with Crippen LogP contribution in [0.3, 0.4) is 0 Å². The number of nitrogens with zero attached hydrogens (tertiary/aromatic N) is 3. The molecule has 0 unspecified atom stereocenters. The number of hydrogen-bond acceptors (Lipinski definition) is 5. The summed E-state index contributed by atoms with van der Waals surface area (Å²) in [4.78, 5) is 15.0. The van der Waals surface area contributed by atoms with Gasteiger partial charge in [-0.2, -0.15) is 5.10 Å². The monoisotopic (exact) mass is 420 g/mol. The van der Waals surface area contributed by atoms with E-state index in [9.17, 15) is 4.79 Å². The molecule has 1 aliphatic heterocycles. The van der Waals surface area contributed by atoms with Crippen molar-refractivity contribution in [2.45, 2.75) is 26.8 Å². The number of aryl methyl sites for hydroxylation is 2. The molecule has 2 aromatic carbocycles. The number of carbonyl (C=O) groups is 1. The van der Waals surface area contributed by atoms with Gasteiger partial charge in [0, 0.05) is 19.2 Å². The zero-order chi connectivity index (χ0) is 22.0. The Kier molecular flexibility index (Phi) is 5.95. The molecular weight excluding hydrogens is 392 g/mol. The van der Waals surface area contributed by atoms with Crippen LogP contribution in [-0.2, 0) is 17.8 Å². The molecule has 1 aromatic heterocycles. The molecule has 162 valence electrons. The van der Waals surface area contributed by atoms with Gasteiger partial charge < -0.3 is 14.8 Å². The molecule has 0 saturated carbocycles. The van der Waals surface area contributed by atoms with E-state index in [4.69, 9.17) is 9.47 Å². The maximum atomic E-state index is 12.8. The van der Waals surface area contributed by atoms with Crippen LogP contribution in [0.4, 0.5) is 5.82 Å². The molecule has 7 nitrogen and oxygen atoms in total. The van der Waals surface area contributed by atoms with Crippen molar-refractivity contribution < 1.29 is 14.3 Å². The molecule has 3 aromatic rings. The second-order valence-corrected chi connectivity index (χ2v) is 7.90. The fraction of sp³-hybridized carbons (Fsp3) is 0.333. The molecule has 0 bridgehead atoms. The summed E-state index contributed by atoms with van der Waals surface area (Å²) in [5.41, 5.74) is 5.35. The first-order valence-corrected chi connectivity index (χ1v) is 10.4. The van der Waals surface area contributed by atoms with Crippen LogP contribution in [-0.4, -0.2) is 47.9 Å². The predicted octanol–water partition coefficient (Wildman–Crippen LogP) is 3.50. The number of methoxy groups -OCH3 is 2. The van der Waals surface area contributed by atoms with Crippen molar-refractivity contribution in [2.75, 3.05) is 32.6 Å². The Labute approximate surface area is 182 Å². The molecule has 1 amide bonds. The molecule has 31 heavy (non-hydrogen) atoms. The van der Waals surface area contributed by atoms with E-state index in [1.165, 1.54) is 11.1 Å². The highest BCUT2D eigenvalue weighted by atomic mass is 16.5. The van der Waals surface area contributed by atoms with Gasteiger partial charge in [0.2, 0.25) is 5.91 Å². The Balaban J connectivity index is 1.45. The van der Waals surface area contributed by atoms with Crippen LogP contribution in [0.1, 0.15) is 22.4 Å². The van der Waals surface area contributed by atoms with Crippen LogP contribution in [0.2, 0.25) is 0 Å². The van der Waals surface area contributed by atoms with Crippen molar-refractivity contribution in [3.05, 3.63) is 64.8 Å². The number of nitrogens with one attached hydrogen (secondary N) is 1. The molecule has 0 atom stereocenters. The number of benzene rings is 2. The number of hydrogen-bond donors (Lipinski definition) is 1. The summed E-state index contributed by atoms with van der Waals surface area (Å²) in [6, 6.07) is 14.0. The molecule has 1 N–H and O–H groups in total. The standard InChI is InChI=1S/C24H28N4O3/c1-16-5-7-20(8-6-16)28-23(11-17(2)26-28)25-24(29)15-27-10-9-18-12-21(30-3)22(31-4)13-19(18)14-27/h5-8,11-13H,9-10,14-15H2,1-4H3,(H,25,29).